The van der Waals surface area contributed by atoms with Crippen molar-refractivity contribution in [2.24, 2.45) is 0 Å². The van der Waals surface area contributed by atoms with Crippen LogP contribution in [0.1, 0.15) is 5.56 Å². The molecule has 0 N–H and O–H groups in total. The molecule has 1 rings (SSSR count). The number of halogens is 3. The molecule has 0 saturated carbocycles. The van der Waals surface area contributed by atoms with Gasteiger partial charge in [-0.2, -0.15) is 0 Å². The van der Waals surface area contributed by atoms with Crippen molar-refractivity contribution in [2.75, 3.05) is 0 Å². The van der Waals surface area contributed by atoms with Gasteiger partial charge in [-0.15, -0.1) is 0 Å². The van der Waals surface area contributed by atoms with Crippen molar-refractivity contribution in [3.8, 4) is 0 Å². The van der Waals surface area contributed by atoms with Crippen LogP contribution in [0, 0.1) is 12.7 Å². The Morgan fingerprint density at radius 1 is 1.38 bits per heavy atom. The molecule has 0 saturated heterocycles. The standard InChI is InChI=1S/C7H5Cl2FO2S/c1-4-2-3-5(10)6(8)7(4)13(9,11)12/h2-3H,1H3. The Bertz CT molecular complexity index is 442. The van der Waals surface area contributed by atoms with Crippen LogP contribution >= 0.6 is 22.3 Å². The van der Waals surface area contributed by atoms with E-state index in [2.05, 4.69) is 0 Å². The molecule has 0 aliphatic heterocycles. The first-order chi connectivity index (χ1) is 5.84. The first-order valence-corrected chi connectivity index (χ1v) is 5.92. The number of aryl methyl sites for hydroxylation is 1. The minimum Gasteiger partial charge on any atom is -0.207 e. The summed E-state index contributed by atoms with van der Waals surface area (Å²) in [5.41, 5.74) is 0.321. The molecule has 1 aromatic carbocycles. The van der Waals surface area contributed by atoms with E-state index in [0.717, 1.165) is 6.07 Å². The molecule has 0 atom stereocenters. The lowest BCUT2D eigenvalue weighted by Crippen LogP contribution is -1.97. The van der Waals surface area contributed by atoms with Crippen LogP contribution < -0.4 is 0 Å². The third-order valence-electron chi connectivity index (χ3n) is 1.49. The van der Waals surface area contributed by atoms with Gasteiger partial charge in [-0.3, -0.25) is 0 Å². The molecule has 6 heteroatoms. The molecule has 0 aromatic heterocycles. The fourth-order valence-electron chi connectivity index (χ4n) is 0.928. The summed E-state index contributed by atoms with van der Waals surface area (Å²) in [7, 11) is 1.08. The average Bonchev–Trinajstić information content (AvgIpc) is 1.95. The lowest BCUT2D eigenvalue weighted by molar-refractivity contribution is 0.601. The lowest BCUT2D eigenvalue weighted by atomic mass is 10.2. The van der Waals surface area contributed by atoms with Crippen molar-refractivity contribution in [3.63, 3.8) is 0 Å². The van der Waals surface area contributed by atoms with Crippen molar-refractivity contribution in [2.45, 2.75) is 11.8 Å². The number of hydrogen-bond acceptors (Lipinski definition) is 2. The molecule has 0 radical (unpaired) electrons. The minimum absolute atomic E-state index is 0.321. The van der Waals surface area contributed by atoms with Gasteiger partial charge >= 0.3 is 0 Å². The Morgan fingerprint density at radius 2 is 1.92 bits per heavy atom. The number of rotatable bonds is 1. The molecule has 0 aliphatic carbocycles. The van der Waals surface area contributed by atoms with Crippen LogP contribution in [0.25, 0.3) is 0 Å². The van der Waals surface area contributed by atoms with Crippen molar-refractivity contribution >= 4 is 31.3 Å². The van der Waals surface area contributed by atoms with Gasteiger partial charge in [0.25, 0.3) is 9.05 Å². The van der Waals surface area contributed by atoms with Gasteiger partial charge in [0.1, 0.15) is 10.7 Å². The van der Waals surface area contributed by atoms with E-state index in [1.807, 2.05) is 0 Å². The van der Waals surface area contributed by atoms with E-state index in [-0.39, 0.29) is 4.90 Å². The summed E-state index contributed by atoms with van der Waals surface area (Å²) in [6.45, 7) is 1.49. The maximum atomic E-state index is 12.8. The summed E-state index contributed by atoms with van der Waals surface area (Å²) in [5, 5.41) is -0.463. The summed E-state index contributed by atoms with van der Waals surface area (Å²) in [6, 6.07) is 2.39. The van der Waals surface area contributed by atoms with Crippen molar-refractivity contribution in [1.29, 1.82) is 0 Å². The molecule has 72 valence electrons. The number of benzene rings is 1. The molecule has 2 nitrogen and oxygen atoms in total. The Morgan fingerprint density at radius 3 is 2.31 bits per heavy atom. The minimum atomic E-state index is -3.99. The zero-order chi connectivity index (χ0) is 10.2. The Balaban J connectivity index is 3.62. The topological polar surface area (TPSA) is 34.1 Å². The molecule has 0 bridgehead atoms. The van der Waals surface area contributed by atoms with Gasteiger partial charge in [0.05, 0.1) is 5.02 Å². The summed E-state index contributed by atoms with van der Waals surface area (Å²) in [5.74, 6) is -0.800. The third kappa shape index (κ3) is 2.13. The third-order valence-corrected chi connectivity index (χ3v) is 3.45. The summed E-state index contributed by atoms with van der Waals surface area (Å²) in [6.07, 6.45) is 0. The largest absolute Gasteiger partial charge is 0.263 e. The summed E-state index contributed by atoms with van der Waals surface area (Å²) < 4.78 is 34.7. The molecule has 0 unspecified atom stereocenters. The highest BCUT2D eigenvalue weighted by atomic mass is 35.7. The predicted molar refractivity (Wildman–Crippen MR) is 49.2 cm³/mol. The van der Waals surface area contributed by atoms with E-state index in [1.165, 1.54) is 13.0 Å². The molecule has 0 aliphatic rings. The highest BCUT2D eigenvalue weighted by Crippen LogP contribution is 2.29. The number of hydrogen-bond donors (Lipinski definition) is 0. The van der Waals surface area contributed by atoms with Gasteiger partial charge < -0.3 is 0 Å². The fraction of sp³-hybridized carbons (Fsp3) is 0.143. The lowest BCUT2D eigenvalue weighted by Gasteiger charge is -2.04. The molecule has 0 spiro atoms. The second-order valence-electron chi connectivity index (χ2n) is 2.45. The summed E-state index contributed by atoms with van der Waals surface area (Å²) >= 11 is 5.44. The Labute approximate surface area is 84.7 Å². The smallest absolute Gasteiger partial charge is 0.207 e. The SMILES string of the molecule is Cc1ccc(F)c(Cl)c1S(=O)(=O)Cl. The second-order valence-corrected chi connectivity index (χ2v) is 5.33. The fourth-order valence-corrected chi connectivity index (χ4v) is 2.92. The van der Waals surface area contributed by atoms with Crippen LogP contribution in [0.15, 0.2) is 17.0 Å². The van der Waals surface area contributed by atoms with Crippen molar-refractivity contribution < 1.29 is 12.8 Å². The van der Waals surface area contributed by atoms with Gasteiger partial charge in [0.2, 0.25) is 0 Å². The first kappa shape index (κ1) is 10.8. The van der Waals surface area contributed by atoms with Gasteiger partial charge in [0, 0.05) is 10.7 Å². The predicted octanol–water partition coefficient (Wildman–Crippen LogP) is 2.72. The van der Waals surface area contributed by atoms with Crippen molar-refractivity contribution in [1.82, 2.24) is 0 Å². The van der Waals surface area contributed by atoms with E-state index >= 15 is 0 Å². The monoisotopic (exact) mass is 242 g/mol. The van der Waals surface area contributed by atoms with Crippen LogP contribution in [-0.2, 0) is 9.05 Å². The molecule has 1 aromatic rings. The Hall–Kier alpha value is -0.320. The van der Waals surface area contributed by atoms with Crippen LogP contribution in [0.5, 0.6) is 0 Å². The van der Waals surface area contributed by atoms with Crippen LogP contribution in [0.3, 0.4) is 0 Å². The Kier molecular flexibility index (Phi) is 2.85. The van der Waals surface area contributed by atoms with Crippen LogP contribution in [0.2, 0.25) is 5.02 Å². The average molecular weight is 243 g/mol. The maximum absolute atomic E-state index is 12.8. The van der Waals surface area contributed by atoms with Gasteiger partial charge in [-0.05, 0) is 18.6 Å². The summed E-state index contributed by atoms with van der Waals surface area (Å²) in [4.78, 5) is -0.365. The van der Waals surface area contributed by atoms with Crippen LogP contribution in [-0.4, -0.2) is 8.42 Å². The highest BCUT2D eigenvalue weighted by Gasteiger charge is 2.20. The second kappa shape index (κ2) is 3.44. The molecule has 0 fully saturated rings. The van der Waals surface area contributed by atoms with E-state index in [1.54, 1.807) is 0 Å². The molecular formula is C7H5Cl2FO2S. The molecule has 13 heavy (non-hydrogen) atoms. The quantitative estimate of drug-likeness (QED) is 0.710. The molecule has 0 heterocycles. The normalized spacial score (nSPS) is 11.7. The van der Waals surface area contributed by atoms with Gasteiger partial charge in [-0.1, -0.05) is 17.7 Å². The van der Waals surface area contributed by atoms with E-state index in [4.69, 9.17) is 22.3 Å². The highest BCUT2D eigenvalue weighted by molar-refractivity contribution is 8.13. The van der Waals surface area contributed by atoms with E-state index in [0.29, 0.717) is 5.56 Å². The maximum Gasteiger partial charge on any atom is 0.263 e. The van der Waals surface area contributed by atoms with E-state index < -0.39 is 19.9 Å². The molecule has 0 amide bonds. The van der Waals surface area contributed by atoms with Crippen LogP contribution in [0.4, 0.5) is 4.39 Å². The van der Waals surface area contributed by atoms with E-state index in [9.17, 15) is 12.8 Å². The van der Waals surface area contributed by atoms with Gasteiger partial charge in [-0.25, -0.2) is 12.8 Å². The zero-order valence-electron chi connectivity index (χ0n) is 6.51. The first-order valence-electron chi connectivity index (χ1n) is 3.23. The van der Waals surface area contributed by atoms with Gasteiger partial charge in [0.15, 0.2) is 0 Å². The zero-order valence-corrected chi connectivity index (χ0v) is 8.84. The van der Waals surface area contributed by atoms with Crippen molar-refractivity contribution in [3.05, 3.63) is 28.5 Å². The molecular weight excluding hydrogens is 238 g/mol.